The van der Waals surface area contributed by atoms with Gasteiger partial charge in [0.05, 0.1) is 18.4 Å². The zero-order chi connectivity index (χ0) is 21.7. The molecule has 0 saturated carbocycles. The first-order valence-electron chi connectivity index (χ1n) is 8.71. The number of rotatable bonds is 6. The lowest BCUT2D eigenvalue weighted by Crippen LogP contribution is -2.06. The predicted molar refractivity (Wildman–Crippen MR) is 113 cm³/mol. The van der Waals surface area contributed by atoms with Gasteiger partial charge in [-0.25, -0.2) is 4.98 Å². The van der Waals surface area contributed by atoms with Gasteiger partial charge in [0.25, 0.3) is 0 Å². The average molecular weight is 416 g/mol. The van der Waals surface area contributed by atoms with E-state index in [-0.39, 0.29) is 39.3 Å². The Morgan fingerprint density at radius 3 is 2.47 bits per heavy atom. The number of carbonyl (C=O) groups is 1. The standard InChI is InChI=1S/C22H16N4O3S/c1-29-16-7-5-13(6-8-16)20-17(10-23)21(25)26-22(18(20)11-24)30-12-19(28)14-3-2-4-15(27)9-14/h2-9,27H,12H2,1H3,(H2,25,26). The Morgan fingerprint density at radius 2 is 1.87 bits per heavy atom. The number of hydrogen-bond donors (Lipinski definition) is 2. The Kier molecular flexibility index (Phi) is 6.21. The van der Waals surface area contributed by atoms with E-state index >= 15 is 0 Å². The number of ketones is 1. The number of phenolic OH excluding ortho intramolecular Hbond substituents is 1. The van der Waals surface area contributed by atoms with Gasteiger partial charge in [-0.3, -0.25) is 4.79 Å². The van der Waals surface area contributed by atoms with Crippen LogP contribution in [0.5, 0.6) is 11.5 Å². The average Bonchev–Trinajstić information content (AvgIpc) is 2.77. The molecule has 30 heavy (non-hydrogen) atoms. The van der Waals surface area contributed by atoms with Crippen LogP contribution in [0.25, 0.3) is 11.1 Å². The number of nitriles is 2. The summed E-state index contributed by atoms with van der Waals surface area (Å²) in [6.45, 7) is 0. The smallest absolute Gasteiger partial charge is 0.173 e. The zero-order valence-electron chi connectivity index (χ0n) is 15.9. The van der Waals surface area contributed by atoms with Crippen molar-refractivity contribution in [3.63, 3.8) is 0 Å². The summed E-state index contributed by atoms with van der Waals surface area (Å²) < 4.78 is 5.15. The van der Waals surface area contributed by atoms with Crippen LogP contribution in [0.15, 0.2) is 53.6 Å². The molecule has 0 fully saturated rings. The van der Waals surface area contributed by atoms with Crippen LogP contribution in [0.3, 0.4) is 0 Å². The van der Waals surface area contributed by atoms with Crippen molar-refractivity contribution in [1.29, 1.82) is 10.5 Å². The molecule has 7 nitrogen and oxygen atoms in total. The summed E-state index contributed by atoms with van der Waals surface area (Å²) >= 11 is 1.05. The molecule has 3 N–H and O–H groups in total. The van der Waals surface area contributed by atoms with Crippen molar-refractivity contribution in [3.05, 3.63) is 65.2 Å². The first-order valence-corrected chi connectivity index (χ1v) is 9.70. The first-order chi connectivity index (χ1) is 14.5. The molecule has 0 spiro atoms. The molecule has 0 saturated heterocycles. The maximum atomic E-state index is 12.5. The summed E-state index contributed by atoms with van der Waals surface area (Å²) in [7, 11) is 1.54. The van der Waals surface area contributed by atoms with Crippen LogP contribution >= 0.6 is 11.8 Å². The molecule has 0 unspecified atom stereocenters. The number of Topliss-reactive ketones (excluding diaryl/α,β-unsaturated/α-hetero) is 1. The summed E-state index contributed by atoms with van der Waals surface area (Å²) in [4.78, 5) is 16.7. The highest BCUT2D eigenvalue weighted by Crippen LogP contribution is 2.36. The number of hydrogen-bond acceptors (Lipinski definition) is 8. The molecule has 0 aliphatic heterocycles. The topological polar surface area (TPSA) is 133 Å². The molecule has 8 heteroatoms. The zero-order valence-corrected chi connectivity index (χ0v) is 16.7. The highest BCUT2D eigenvalue weighted by Gasteiger charge is 2.21. The van der Waals surface area contributed by atoms with Crippen molar-refractivity contribution in [2.24, 2.45) is 0 Å². The van der Waals surface area contributed by atoms with E-state index in [4.69, 9.17) is 10.5 Å². The fourth-order valence-electron chi connectivity index (χ4n) is 2.85. The lowest BCUT2D eigenvalue weighted by atomic mass is 9.97. The third-order valence-electron chi connectivity index (χ3n) is 4.30. The van der Waals surface area contributed by atoms with Crippen LogP contribution in [0.4, 0.5) is 5.82 Å². The van der Waals surface area contributed by atoms with Crippen molar-refractivity contribution in [2.75, 3.05) is 18.6 Å². The quantitative estimate of drug-likeness (QED) is 0.458. The number of pyridine rings is 1. The van der Waals surface area contributed by atoms with E-state index in [9.17, 15) is 20.4 Å². The van der Waals surface area contributed by atoms with Gasteiger partial charge in [0, 0.05) is 11.1 Å². The minimum absolute atomic E-state index is 0.00824. The molecule has 0 aliphatic rings. The number of nitrogens with zero attached hydrogens (tertiary/aromatic N) is 3. The number of carbonyl (C=O) groups excluding carboxylic acids is 1. The minimum atomic E-state index is -0.240. The highest BCUT2D eigenvalue weighted by atomic mass is 32.2. The normalized spacial score (nSPS) is 10.1. The molecule has 0 aliphatic carbocycles. The van der Waals surface area contributed by atoms with Crippen molar-refractivity contribution in [1.82, 2.24) is 4.98 Å². The third kappa shape index (κ3) is 4.19. The van der Waals surface area contributed by atoms with Gasteiger partial charge in [0.1, 0.15) is 40.0 Å². The van der Waals surface area contributed by atoms with E-state index in [1.54, 1.807) is 43.5 Å². The molecule has 0 bridgehead atoms. The molecular weight excluding hydrogens is 400 g/mol. The van der Waals surface area contributed by atoms with E-state index in [1.807, 2.05) is 6.07 Å². The largest absolute Gasteiger partial charge is 0.508 e. The molecule has 1 heterocycles. The fraction of sp³-hybridized carbons (Fsp3) is 0.0909. The Hall–Kier alpha value is -4.01. The van der Waals surface area contributed by atoms with Crippen LogP contribution in [-0.4, -0.2) is 28.7 Å². The number of nitrogens with two attached hydrogens (primary N) is 1. The molecular formula is C22H16N4O3S. The maximum Gasteiger partial charge on any atom is 0.173 e. The number of aromatic nitrogens is 1. The van der Waals surface area contributed by atoms with Gasteiger partial charge in [0.2, 0.25) is 0 Å². The molecule has 0 amide bonds. The lowest BCUT2D eigenvalue weighted by Gasteiger charge is -2.13. The van der Waals surface area contributed by atoms with Crippen LogP contribution in [0.2, 0.25) is 0 Å². The Balaban J connectivity index is 2.01. The minimum Gasteiger partial charge on any atom is -0.508 e. The van der Waals surface area contributed by atoms with Crippen molar-refractivity contribution in [2.45, 2.75) is 5.03 Å². The van der Waals surface area contributed by atoms with Gasteiger partial charge in [0.15, 0.2) is 5.78 Å². The number of aromatic hydroxyl groups is 1. The SMILES string of the molecule is COc1ccc(-c2c(C#N)c(N)nc(SCC(=O)c3cccc(O)c3)c2C#N)cc1. The van der Waals surface area contributed by atoms with Crippen LogP contribution < -0.4 is 10.5 Å². The third-order valence-corrected chi connectivity index (χ3v) is 5.28. The maximum absolute atomic E-state index is 12.5. The summed E-state index contributed by atoms with van der Waals surface area (Å²) in [5.74, 6) is 0.346. The van der Waals surface area contributed by atoms with E-state index < -0.39 is 0 Å². The summed E-state index contributed by atoms with van der Waals surface area (Å²) in [6, 6.07) is 17.0. The number of phenols is 1. The number of anilines is 1. The van der Waals surface area contributed by atoms with Crippen molar-refractivity contribution < 1.29 is 14.6 Å². The Bertz CT molecular complexity index is 1190. The number of benzene rings is 2. The van der Waals surface area contributed by atoms with E-state index in [2.05, 4.69) is 11.1 Å². The van der Waals surface area contributed by atoms with E-state index in [0.717, 1.165) is 11.8 Å². The fourth-order valence-corrected chi connectivity index (χ4v) is 3.73. The van der Waals surface area contributed by atoms with Crippen LogP contribution in [0, 0.1) is 22.7 Å². The number of nitrogen functional groups attached to an aromatic ring is 1. The highest BCUT2D eigenvalue weighted by molar-refractivity contribution is 8.00. The van der Waals surface area contributed by atoms with Crippen molar-refractivity contribution in [3.8, 4) is 34.8 Å². The van der Waals surface area contributed by atoms with Crippen LogP contribution in [-0.2, 0) is 0 Å². The van der Waals surface area contributed by atoms with Crippen molar-refractivity contribution >= 4 is 23.4 Å². The molecule has 0 atom stereocenters. The van der Waals surface area contributed by atoms with Gasteiger partial charge < -0.3 is 15.6 Å². The summed E-state index contributed by atoms with van der Waals surface area (Å²) in [6.07, 6.45) is 0. The molecule has 3 rings (SSSR count). The predicted octanol–water partition coefficient (Wildman–Crippen LogP) is 3.76. The summed E-state index contributed by atoms with van der Waals surface area (Å²) in [5.41, 5.74) is 7.57. The second-order valence-corrected chi connectivity index (χ2v) is 7.11. The van der Waals surface area contributed by atoms with Gasteiger partial charge in [-0.05, 0) is 29.8 Å². The van der Waals surface area contributed by atoms with E-state index in [0.29, 0.717) is 22.4 Å². The first kappa shape index (κ1) is 20.7. The van der Waals surface area contributed by atoms with Crippen LogP contribution in [0.1, 0.15) is 21.5 Å². The molecule has 3 aromatic rings. The van der Waals surface area contributed by atoms with Gasteiger partial charge in [-0.2, -0.15) is 10.5 Å². The second-order valence-electron chi connectivity index (χ2n) is 6.14. The monoisotopic (exact) mass is 416 g/mol. The van der Waals surface area contributed by atoms with E-state index in [1.165, 1.54) is 12.1 Å². The van der Waals surface area contributed by atoms with Gasteiger partial charge in [-0.1, -0.05) is 36.0 Å². The Labute approximate surface area is 177 Å². The lowest BCUT2D eigenvalue weighted by molar-refractivity contribution is 0.102. The molecule has 0 radical (unpaired) electrons. The van der Waals surface area contributed by atoms with Gasteiger partial charge >= 0.3 is 0 Å². The number of ether oxygens (including phenoxy) is 1. The summed E-state index contributed by atoms with van der Waals surface area (Å²) in [5, 5.41) is 29.2. The Morgan fingerprint density at radius 1 is 1.17 bits per heavy atom. The molecule has 1 aromatic heterocycles. The molecule has 148 valence electrons. The number of methoxy groups -OCH3 is 1. The van der Waals surface area contributed by atoms with Gasteiger partial charge in [-0.15, -0.1) is 0 Å². The molecule has 2 aromatic carbocycles. The second kappa shape index (κ2) is 8.99. The number of thioether (sulfide) groups is 1.